The highest BCUT2D eigenvalue weighted by Gasteiger charge is 2.27. The molecule has 0 bridgehead atoms. The lowest BCUT2D eigenvalue weighted by Gasteiger charge is -2.17. The number of carbonyl (C=O) groups excluding carboxylic acids is 1. The van der Waals surface area contributed by atoms with E-state index >= 15 is 0 Å². The van der Waals surface area contributed by atoms with Crippen LogP contribution in [0.25, 0.3) is 0 Å². The molecule has 0 fully saturated rings. The molecule has 3 rings (SSSR count). The number of rotatable bonds is 2. The molecule has 6 heteroatoms. The van der Waals surface area contributed by atoms with Crippen LogP contribution >= 0.6 is 11.6 Å². The SMILES string of the molecule is O=C(c1ccc([N+](=O)[O-])cc1Cl)N1CCc2ccccc21. The highest BCUT2D eigenvalue weighted by Crippen LogP contribution is 2.31. The number of nitro groups is 1. The van der Waals surface area contributed by atoms with Gasteiger partial charge in [0.25, 0.3) is 11.6 Å². The summed E-state index contributed by atoms with van der Waals surface area (Å²) >= 11 is 6.02. The van der Waals surface area contributed by atoms with Gasteiger partial charge >= 0.3 is 0 Å². The number of hydrogen-bond acceptors (Lipinski definition) is 3. The molecule has 2 aromatic rings. The van der Waals surface area contributed by atoms with Gasteiger partial charge in [0, 0.05) is 24.4 Å². The number of nitrogens with zero attached hydrogens (tertiary/aromatic N) is 2. The van der Waals surface area contributed by atoms with Crippen LogP contribution in [0.15, 0.2) is 42.5 Å². The van der Waals surface area contributed by atoms with Gasteiger partial charge in [-0.05, 0) is 24.1 Å². The van der Waals surface area contributed by atoms with E-state index in [-0.39, 0.29) is 22.2 Å². The number of para-hydroxylation sites is 1. The Morgan fingerprint density at radius 1 is 1.24 bits per heavy atom. The molecule has 0 saturated heterocycles. The molecule has 0 aromatic heterocycles. The number of carbonyl (C=O) groups is 1. The van der Waals surface area contributed by atoms with Gasteiger partial charge in [-0.25, -0.2) is 0 Å². The third-order valence-corrected chi connectivity index (χ3v) is 3.84. The van der Waals surface area contributed by atoms with Crippen molar-refractivity contribution < 1.29 is 9.72 Å². The van der Waals surface area contributed by atoms with Gasteiger partial charge in [0.15, 0.2) is 0 Å². The van der Waals surface area contributed by atoms with Gasteiger partial charge in [-0.3, -0.25) is 14.9 Å². The topological polar surface area (TPSA) is 63.4 Å². The van der Waals surface area contributed by atoms with E-state index in [0.717, 1.165) is 17.7 Å². The zero-order valence-corrected chi connectivity index (χ0v) is 11.7. The number of hydrogen-bond donors (Lipinski definition) is 0. The van der Waals surface area contributed by atoms with Crippen molar-refractivity contribution in [2.45, 2.75) is 6.42 Å². The number of non-ortho nitro benzene ring substituents is 1. The average Bonchev–Trinajstić information content (AvgIpc) is 2.90. The van der Waals surface area contributed by atoms with Crippen molar-refractivity contribution in [2.24, 2.45) is 0 Å². The second-order valence-electron chi connectivity index (χ2n) is 4.76. The van der Waals surface area contributed by atoms with E-state index in [0.29, 0.717) is 6.54 Å². The summed E-state index contributed by atoms with van der Waals surface area (Å²) in [5.41, 5.74) is 2.14. The fourth-order valence-corrected chi connectivity index (χ4v) is 2.74. The number of amides is 1. The molecular formula is C15H11ClN2O3. The average molecular weight is 303 g/mol. The van der Waals surface area contributed by atoms with E-state index in [4.69, 9.17) is 11.6 Å². The largest absolute Gasteiger partial charge is 0.308 e. The number of halogens is 1. The van der Waals surface area contributed by atoms with Crippen molar-refractivity contribution >= 4 is 28.9 Å². The summed E-state index contributed by atoms with van der Waals surface area (Å²) in [6, 6.07) is 11.6. The van der Waals surface area contributed by atoms with Crippen LogP contribution in [0.3, 0.4) is 0 Å². The summed E-state index contributed by atoms with van der Waals surface area (Å²) in [4.78, 5) is 24.4. The van der Waals surface area contributed by atoms with Crippen LogP contribution in [0.5, 0.6) is 0 Å². The van der Waals surface area contributed by atoms with E-state index in [1.807, 2.05) is 24.3 Å². The molecule has 1 heterocycles. The maximum absolute atomic E-state index is 12.6. The molecule has 1 aliphatic rings. The Labute approximate surface area is 125 Å². The first-order valence-electron chi connectivity index (χ1n) is 6.41. The first-order valence-corrected chi connectivity index (χ1v) is 6.79. The van der Waals surface area contributed by atoms with Crippen molar-refractivity contribution in [3.05, 3.63) is 68.7 Å². The lowest BCUT2D eigenvalue weighted by Crippen LogP contribution is -2.29. The molecule has 106 valence electrons. The maximum atomic E-state index is 12.6. The molecule has 21 heavy (non-hydrogen) atoms. The number of fused-ring (bicyclic) bond motifs is 1. The van der Waals surface area contributed by atoms with Crippen LogP contribution in [0, 0.1) is 10.1 Å². The van der Waals surface area contributed by atoms with Crippen molar-refractivity contribution in [3.63, 3.8) is 0 Å². The van der Waals surface area contributed by atoms with Gasteiger partial charge in [-0.1, -0.05) is 29.8 Å². The molecule has 1 amide bonds. The Kier molecular flexibility index (Phi) is 3.35. The van der Waals surface area contributed by atoms with Crippen LogP contribution in [-0.4, -0.2) is 17.4 Å². The molecule has 2 aromatic carbocycles. The fraction of sp³-hybridized carbons (Fsp3) is 0.133. The Hall–Kier alpha value is -2.40. The highest BCUT2D eigenvalue weighted by atomic mass is 35.5. The fourth-order valence-electron chi connectivity index (χ4n) is 2.49. The predicted octanol–water partition coefficient (Wildman–Crippen LogP) is 3.45. The summed E-state index contributed by atoms with van der Waals surface area (Å²) in [5, 5.41) is 10.8. The molecule has 0 radical (unpaired) electrons. The van der Waals surface area contributed by atoms with Crippen molar-refractivity contribution in [1.29, 1.82) is 0 Å². The van der Waals surface area contributed by atoms with Crippen LogP contribution in [0.4, 0.5) is 11.4 Å². The van der Waals surface area contributed by atoms with Gasteiger partial charge in [-0.15, -0.1) is 0 Å². The van der Waals surface area contributed by atoms with Crippen molar-refractivity contribution in [2.75, 3.05) is 11.4 Å². The molecule has 0 aliphatic carbocycles. The third-order valence-electron chi connectivity index (χ3n) is 3.53. The van der Waals surface area contributed by atoms with Gasteiger partial charge in [0.1, 0.15) is 0 Å². The molecular weight excluding hydrogens is 292 g/mol. The van der Waals surface area contributed by atoms with E-state index in [2.05, 4.69) is 0 Å². The zero-order chi connectivity index (χ0) is 15.0. The van der Waals surface area contributed by atoms with Gasteiger partial charge in [0.2, 0.25) is 0 Å². The summed E-state index contributed by atoms with van der Waals surface area (Å²) in [6.07, 6.45) is 0.798. The zero-order valence-electron chi connectivity index (χ0n) is 11.0. The Balaban J connectivity index is 1.95. The predicted molar refractivity (Wildman–Crippen MR) is 79.9 cm³/mol. The van der Waals surface area contributed by atoms with Crippen LogP contribution in [0.2, 0.25) is 5.02 Å². The van der Waals surface area contributed by atoms with Gasteiger partial charge in [0.05, 0.1) is 15.5 Å². The minimum absolute atomic E-state index is 0.0959. The summed E-state index contributed by atoms with van der Waals surface area (Å²) in [5.74, 6) is -0.236. The molecule has 5 nitrogen and oxygen atoms in total. The molecule has 0 saturated carbocycles. The second kappa shape index (κ2) is 5.18. The Morgan fingerprint density at radius 2 is 2.00 bits per heavy atom. The van der Waals surface area contributed by atoms with Crippen LogP contribution < -0.4 is 4.90 Å². The van der Waals surface area contributed by atoms with Crippen molar-refractivity contribution in [3.8, 4) is 0 Å². The summed E-state index contributed by atoms with van der Waals surface area (Å²) < 4.78 is 0. The third kappa shape index (κ3) is 2.36. The number of benzene rings is 2. The summed E-state index contributed by atoms with van der Waals surface area (Å²) in [7, 11) is 0. The summed E-state index contributed by atoms with van der Waals surface area (Å²) in [6.45, 7) is 0.589. The number of anilines is 1. The monoisotopic (exact) mass is 302 g/mol. The highest BCUT2D eigenvalue weighted by molar-refractivity contribution is 6.34. The van der Waals surface area contributed by atoms with Gasteiger partial charge < -0.3 is 4.90 Å². The van der Waals surface area contributed by atoms with E-state index in [9.17, 15) is 14.9 Å². The van der Waals surface area contributed by atoms with Crippen LogP contribution in [0.1, 0.15) is 15.9 Å². The Morgan fingerprint density at radius 3 is 2.71 bits per heavy atom. The maximum Gasteiger partial charge on any atom is 0.270 e. The van der Waals surface area contributed by atoms with Crippen molar-refractivity contribution in [1.82, 2.24) is 0 Å². The smallest absolute Gasteiger partial charge is 0.270 e. The lowest BCUT2D eigenvalue weighted by atomic mass is 10.1. The standard InChI is InChI=1S/C15H11ClN2O3/c16-13-9-11(18(20)21)5-6-12(13)15(19)17-8-7-10-3-1-2-4-14(10)17/h1-6,9H,7-8H2. The molecule has 0 unspecified atom stereocenters. The molecule has 0 atom stereocenters. The molecule has 0 spiro atoms. The molecule has 1 aliphatic heterocycles. The van der Waals surface area contributed by atoms with E-state index in [1.54, 1.807) is 4.90 Å². The lowest BCUT2D eigenvalue weighted by molar-refractivity contribution is -0.384. The Bertz CT molecular complexity index is 745. The number of nitro benzene ring substituents is 1. The van der Waals surface area contributed by atoms with Crippen LogP contribution in [-0.2, 0) is 6.42 Å². The normalized spacial score (nSPS) is 13.1. The minimum Gasteiger partial charge on any atom is -0.308 e. The first kappa shape index (κ1) is 13.6. The minimum atomic E-state index is -0.536. The quantitative estimate of drug-likeness (QED) is 0.630. The molecule has 0 N–H and O–H groups in total. The first-order chi connectivity index (χ1) is 10.1. The van der Waals surface area contributed by atoms with E-state index in [1.165, 1.54) is 18.2 Å². The van der Waals surface area contributed by atoms with Gasteiger partial charge in [-0.2, -0.15) is 0 Å². The van der Waals surface area contributed by atoms with E-state index < -0.39 is 4.92 Å². The second-order valence-corrected chi connectivity index (χ2v) is 5.16.